The molecule has 0 spiro atoms. The number of benzene rings is 1. The number of carboxylic acids is 1. The minimum atomic E-state index is -1.02. The van der Waals surface area contributed by atoms with Crippen molar-refractivity contribution in [2.75, 3.05) is 6.61 Å². The molecule has 0 aliphatic rings. The van der Waals surface area contributed by atoms with E-state index in [1.165, 1.54) is 0 Å². The molecule has 1 atom stereocenters. The highest BCUT2D eigenvalue weighted by molar-refractivity contribution is 5.84. The third kappa shape index (κ3) is 5.42. The lowest BCUT2D eigenvalue weighted by Crippen LogP contribution is -2.42. The van der Waals surface area contributed by atoms with Gasteiger partial charge in [0.05, 0.1) is 0 Å². The summed E-state index contributed by atoms with van der Waals surface area (Å²) in [5.74, 6) is -0.856. The van der Waals surface area contributed by atoms with E-state index in [1.54, 1.807) is 6.07 Å². The lowest BCUT2D eigenvalue weighted by molar-refractivity contribution is -0.142. The van der Waals surface area contributed by atoms with Gasteiger partial charge in [-0.1, -0.05) is 25.5 Å². The highest BCUT2D eigenvalue weighted by atomic mass is 16.5. The molecule has 0 heterocycles. The fraction of sp³-hybridized carbons (Fsp3) is 0.429. The van der Waals surface area contributed by atoms with Gasteiger partial charge in [-0.05, 0) is 31.0 Å². The molecule has 5 nitrogen and oxygen atoms in total. The molecule has 1 aromatic rings. The number of amides is 1. The molecule has 0 unspecified atom stereocenters. The third-order valence-corrected chi connectivity index (χ3v) is 2.57. The van der Waals surface area contributed by atoms with E-state index in [0.29, 0.717) is 18.6 Å². The number of aliphatic carboxylic acids is 1. The number of carbonyl (C=O) groups excluding carboxylic acids is 1. The fourth-order valence-electron chi connectivity index (χ4n) is 1.64. The van der Waals surface area contributed by atoms with Crippen molar-refractivity contribution in [1.82, 2.24) is 5.32 Å². The summed E-state index contributed by atoms with van der Waals surface area (Å²) in [6, 6.07) is 6.47. The van der Waals surface area contributed by atoms with Crippen LogP contribution in [-0.2, 0) is 9.59 Å². The second-order valence-corrected chi connectivity index (χ2v) is 4.35. The van der Waals surface area contributed by atoms with Gasteiger partial charge in [0.25, 0.3) is 5.91 Å². The van der Waals surface area contributed by atoms with Gasteiger partial charge >= 0.3 is 5.97 Å². The zero-order chi connectivity index (χ0) is 14.3. The van der Waals surface area contributed by atoms with Crippen LogP contribution in [0, 0.1) is 6.92 Å². The smallest absolute Gasteiger partial charge is 0.326 e. The number of aryl methyl sites for hydroxylation is 1. The van der Waals surface area contributed by atoms with Gasteiger partial charge in [-0.3, -0.25) is 4.79 Å². The van der Waals surface area contributed by atoms with Gasteiger partial charge in [0.15, 0.2) is 6.61 Å². The second kappa shape index (κ2) is 7.41. The van der Waals surface area contributed by atoms with E-state index in [1.807, 2.05) is 32.0 Å². The summed E-state index contributed by atoms with van der Waals surface area (Å²) >= 11 is 0. The van der Waals surface area contributed by atoms with Crippen LogP contribution >= 0.6 is 0 Å². The Morgan fingerprint density at radius 1 is 1.42 bits per heavy atom. The summed E-state index contributed by atoms with van der Waals surface area (Å²) in [7, 11) is 0. The van der Waals surface area contributed by atoms with E-state index in [4.69, 9.17) is 9.84 Å². The molecule has 2 N–H and O–H groups in total. The molecule has 0 saturated carbocycles. The average Bonchev–Trinajstić information content (AvgIpc) is 2.36. The van der Waals surface area contributed by atoms with Crippen molar-refractivity contribution in [2.45, 2.75) is 32.7 Å². The van der Waals surface area contributed by atoms with Crippen LogP contribution in [0.3, 0.4) is 0 Å². The van der Waals surface area contributed by atoms with Crippen LogP contribution in [0.25, 0.3) is 0 Å². The minimum absolute atomic E-state index is 0.184. The van der Waals surface area contributed by atoms with Crippen LogP contribution < -0.4 is 10.1 Å². The van der Waals surface area contributed by atoms with E-state index in [-0.39, 0.29) is 6.61 Å². The number of hydrogen-bond acceptors (Lipinski definition) is 3. The maximum Gasteiger partial charge on any atom is 0.326 e. The standard InChI is InChI=1S/C14H19NO4/c1-3-5-12(14(17)18)15-13(16)9-19-11-7-4-6-10(2)8-11/h4,6-8,12H,3,5,9H2,1-2H3,(H,15,16)(H,17,18)/t12-/m1/s1. The second-order valence-electron chi connectivity index (χ2n) is 4.35. The lowest BCUT2D eigenvalue weighted by Gasteiger charge is -2.14. The normalized spacial score (nSPS) is 11.7. The molecule has 0 fully saturated rings. The maximum atomic E-state index is 11.6. The van der Waals surface area contributed by atoms with Gasteiger partial charge in [0.1, 0.15) is 11.8 Å². The first kappa shape index (κ1) is 15.0. The van der Waals surface area contributed by atoms with Gasteiger partial charge in [0, 0.05) is 0 Å². The van der Waals surface area contributed by atoms with Crippen molar-refractivity contribution in [2.24, 2.45) is 0 Å². The van der Waals surface area contributed by atoms with Gasteiger partial charge in [-0.2, -0.15) is 0 Å². The van der Waals surface area contributed by atoms with Crippen LogP contribution in [0.15, 0.2) is 24.3 Å². The molecule has 0 radical (unpaired) electrons. The summed E-state index contributed by atoms with van der Waals surface area (Å²) in [5.41, 5.74) is 1.03. The zero-order valence-corrected chi connectivity index (χ0v) is 11.2. The van der Waals surface area contributed by atoms with Gasteiger partial charge in [0.2, 0.25) is 0 Å². The van der Waals surface area contributed by atoms with Crippen molar-refractivity contribution in [3.8, 4) is 5.75 Å². The van der Waals surface area contributed by atoms with Crippen LogP contribution in [0.2, 0.25) is 0 Å². The summed E-state index contributed by atoms with van der Waals surface area (Å²) < 4.78 is 5.30. The van der Waals surface area contributed by atoms with Crippen LogP contribution in [0.5, 0.6) is 5.75 Å². The molecule has 0 saturated heterocycles. The summed E-state index contributed by atoms with van der Waals surface area (Å²) in [6.45, 7) is 3.61. The largest absolute Gasteiger partial charge is 0.484 e. The Balaban J connectivity index is 2.44. The Morgan fingerprint density at radius 3 is 2.74 bits per heavy atom. The highest BCUT2D eigenvalue weighted by Gasteiger charge is 2.18. The molecule has 0 bridgehead atoms. The summed E-state index contributed by atoms with van der Waals surface area (Å²) in [4.78, 5) is 22.5. The van der Waals surface area contributed by atoms with Crippen LogP contribution in [-0.4, -0.2) is 29.6 Å². The molecule has 19 heavy (non-hydrogen) atoms. The number of hydrogen-bond donors (Lipinski definition) is 2. The van der Waals surface area contributed by atoms with Crippen molar-refractivity contribution in [3.63, 3.8) is 0 Å². The molecular weight excluding hydrogens is 246 g/mol. The van der Waals surface area contributed by atoms with E-state index in [9.17, 15) is 9.59 Å². The predicted octanol–water partition coefficient (Wildman–Crippen LogP) is 1.74. The van der Waals surface area contributed by atoms with Crippen molar-refractivity contribution in [3.05, 3.63) is 29.8 Å². The molecule has 0 aliphatic carbocycles. The average molecular weight is 265 g/mol. The molecule has 1 amide bonds. The predicted molar refractivity (Wildman–Crippen MR) is 71.1 cm³/mol. The van der Waals surface area contributed by atoms with E-state index in [2.05, 4.69) is 5.32 Å². The zero-order valence-electron chi connectivity index (χ0n) is 11.2. The number of rotatable bonds is 7. The molecule has 0 aliphatic heterocycles. The SMILES string of the molecule is CCC[C@@H](NC(=O)COc1cccc(C)c1)C(=O)O. The molecule has 104 valence electrons. The molecule has 1 aromatic carbocycles. The summed E-state index contributed by atoms with van der Waals surface area (Å²) in [6.07, 6.45) is 1.10. The van der Waals surface area contributed by atoms with Crippen LogP contribution in [0.4, 0.5) is 0 Å². The molecule has 1 rings (SSSR count). The fourth-order valence-corrected chi connectivity index (χ4v) is 1.64. The van der Waals surface area contributed by atoms with Crippen molar-refractivity contribution < 1.29 is 19.4 Å². The number of carboxylic acid groups (broad SMARTS) is 1. The Labute approximate surface area is 112 Å². The number of nitrogens with one attached hydrogen (secondary N) is 1. The topological polar surface area (TPSA) is 75.6 Å². The number of carbonyl (C=O) groups is 2. The lowest BCUT2D eigenvalue weighted by atomic mass is 10.2. The van der Waals surface area contributed by atoms with E-state index >= 15 is 0 Å². The third-order valence-electron chi connectivity index (χ3n) is 2.57. The molecular formula is C14H19NO4. The Kier molecular flexibility index (Phi) is 5.85. The Hall–Kier alpha value is -2.04. The molecule has 5 heteroatoms. The first-order chi connectivity index (χ1) is 9.02. The monoisotopic (exact) mass is 265 g/mol. The highest BCUT2D eigenvalue weighted by Crippen LogP contribution is 2.11. The van der Waals surface area contributed by atoms with Gasteiger partial charge < -0.3 is 15.2 Å². The van der Waals surface area contributed by atoms with E-state index in [0.717, 1.165) is 5.56 Å². The Bertz CT molecular complexity index is 445. The first-order valence-electron chi connectivity index (χ1n) is 6.24. The first-order valence-corrected chi connectivity index (χ1v) is 6.24. The van der Waals surface area contributed by atoms with Crippen molar-refractivity contribution in [1.29, 1.82) is 0 Å². The maximum absolute atomic E-state index is 11.6. The van der Waals surface area contributed by atoms with Crippen LogP contribution in [0.1, 0.15) is 25.3 Å². The minimum Gasteiger partial charge on any atom is -0.484 e. The molecule has 0 aromatic heterocycles. The Morgan fingerprint density at radius 2 is 2.16 bits per heavy atom. The quantitative estimate of drug-likeness (QED) is 0.787. The van der Waals surface area contributed by atoms with Gasteiger partial charge in [-0.25, -0.2) is 4.79 Å². The number of ether oxygens (including phenoxy) is 1. The van der Waals surface area contributed by atoms with E-state index < -0.39 is 17.9 Å². The van der Waals surface area contributed by atoms with Crippen molar-refractivity contribution >= 4 is 11.9 Å². The van der Waals surface area contributed by atoms with Gasteiger partial charge in [-0.15, -0.1) is 0 Å². The summed E-state index contributed by atoms with van der Waals surface area (Å²) in [5, 5.41) is 11.4.